The summed E-state index contributed by atoms with van der Waals surface area (Å²) in [5.74, 6) is 2.67. The molecule has 30 heavy (non-hydrogen) atoms. The van der Waals surface area contributed by atoms with E-state index in [0.717, 1.165) is 10.0 Å². The van der Waals surface area contributed by atoms with Gasteiger partial charge in [0.1, 0.15) is 18.1 Å². The summed E-state index contributed by atoms with van der Waals surface area (Å²) >= 11 is 3.38. The van der Waals surface area contributed by atoms with Crippen molar-refractivity contribution in [1.29, 1.82) is 0 Å². The van der Waals surface area contributed by atoms with Gasteiger partial charge in [0.2, 0.25) is 5.75 Å². The van der Waals surface area contributed by atoms with Crippen LogP contribution in [0.4, 0.5) is 0 Å². The molecule has 0 unspecified atom stereocenters. The molecule has 1 N–H and O–H groups in total. The van der Waals surface area contributed by atoms with E-state index in [1.54, 1.807) is 38.5 Å². The Morgan fingerprint density at radius 3 is 2.23 bits per heavy atom. The van der Waals surface area contributed by atoms with Crippen molar-refractivity contribution in [2.45, 2.75) is 13.2 Å². The highest BCUT2D eigenvalue weighted by Crippen LogP contribution is 2.38. The minimum absolute atomic E-state index is 0.205. The molecule has 0 aliphatic carbocycles. The van der Waals surface area contributed by atoms with Gasteiger partial charge in [0.15, 0.2) is 17.3 Å². The lowest BCUT2D eigenvalue weighted by molar-refractivity contribution is 0.0919. The molecular weight excluding hydrogens is 454 g/mol. The average molecular weight is 476 g/mol. The van der Waals surface area contributed by atoms with E-state index in [2.05, 4.69) is 21.2 Å². The highest BCUT2D eigenvalue weighted by molar-refractivity contribution is 9.10. The topological polar surface area (TPSA) is 79.2 Å². The number of furan rings is 1. The SMILES string of the molecule is COc1cc(CNC(=O)c2ccc(COc3ccc(Br)cc3)o2)cc(OC)c1OC. The summed E-state index contributed by atoms with van der Waals surface area (Å²) in [6, 6.07) is 14.4. The molecule has 0 radical (unpaired) electrons. The lowest BCUT2D eigenvalue weighted by Crippen LogP contribution is -2.22. The number of carbonyl (C=O) groups is 1. The molecule has 8 heteroatoms. The Morgan fingerprint density at radius 2 is 1.63 bits per heavy atom. The third kappa shape index (κ3) is 5.27. The highest BCUT2D eigenvalue weighted by atomic mass is 79.9. The van der Waals surface area contributed by atoms with Gasteiger partial charge >= 0.3 is 0 Å². The van der Waals surface area contributed by atoms with Crippen LogP contribution in [-0.2, 0) is 13.2 Å². The van der Waals surface area contributed by atoms with E-state index in [9.17, 15) is 4.79 Å². The first-order chi connectivity index (χ1) is 14.5. The van der Waals surface area contributed by atoms with Gasteiger partial charge in [-0.2, -0.15) is 0 Å². The Bertz CT molecular complexity index is 974. The van der Waals surface area contributed by atoms with Crippen molar-refractivity contribution in [1.82, 2.24) is 5.32 Å². The molecule has 7 nitrogen and oxygen atoms in total. The van der Waals surface area contributed by atoms with Crippen molar-refractivity contribution in [2.24, 2.45) is 0 Å². The van der Waals surface area contributed by atoms with Crippen molar-refractivity contribution in [3.05, 3.63) is 70.1 Å². The Labute approximate surface area is 183 Å². The van der Waals surface area contributed by atoms with E-state index in [4.69, 9.17) is 23.4 Å². The predicted octanol–water partition coefficient (Wildman–Crippen LogP) is 4.58. The van der Waals surface area contributed by atoms with E-state index in [1.165, 1.54) is 7.11 Å². The number of hydrogen-bond donors (Lipinski definition) is 1. The van der Waals surface area contributed by atoms with Gasteiger partial charge in [-0.25, -0.2) is 0 Å². The molecule has 3 rings (SSSR count). The zero-order chi connectivity index (χ0) is 21.5. The number of halogens is 1. The van der Waals surface area contributed by atoms with Crippen LogP contribution in [0.2, 0.25) is 0 Å². The molecule has 0 fully saturated rings. The molecule has 0 atom stereocenters. The number of nitrogens with one attached hydrogen (secondary N) is 1. The number of hydrogen-bond acceptors (Lipinski definition) is 6. The van der Waals surface area contributed by atoms with Crippen LogP contribution in [0.3, 0.4) is 0 Å². The molecule has 0 saturated heterocycles. The van der Waals surface area contributed by atoms with Crippen molar-refractivity contribution < 1.29 is 28.2 Å². The first kappa shape index (κ1) is 21.6. The molecule has 0 aliphatic heterocycles. The molecule has 1 heterocycles. The van der Waals surface area contributed by atoms with Crippen LogP contribution in [0, 0.1) is 0 Å². The Balaban J connectivity index is 1.59. The lowest BCUT2D eigenvalue weighted by Gasteiger charge is -2.14. The van der Waals surface area contributed by atoms with Gasteiger partial charge in [-0.3, -0.25) is 4.79 Å². The van der Waals surface area contributed by atoms with Crippen LogP contribution < -0.4 is 24.3 Å². The second-order valence-corrected chi connectivity index (χ2v) is 7.14. The van der Waals surface area contributed by atoms with E-state index in [-0.39, 0.29) is 24.8 Å². The molecule has 1 amide bonds. The van der Waals surface area contributed by atoms with Crippen molar-refractivity contribution in [2.75, 3.05) is 21.3 Å². The molecule has 1 aromatic heterocycles. The van der Waals surface area contributed by atoms with E-state index < -0.39 is 0 Å². The van der Waals surface area contributed by atoms with Crippen LogP contribution >= 0.6 is 15.9 Å². The highest BCUT2D eigenvalue weighted by Gasteiger charge is 2.15. The number of amides is 1. The largest absolute Gasteiger partial charge is 0.493 e. The average Bonchev–Trinajstić information content (AvgIpc) is 3.25. The smallest absolute Gasteiger partial charge is 0.287 e. The first-order valence-corrected chi connectivity index (χ1v) is 9.87. The molecule has 0 saturated carbocycles. The second-order valence-electron chi connectivity index (χ2n) is 6.22. The van der Waals surface area contributed by atoms with E-state index >= 15 is 0 Å². The lowest BCUT2D eigenvalue weighted by atomic mass is 10.1. The fourth-order valence-electron chi connectivity index (χ4n) is 2.77. The number of ether oxygens (including phenoxy) is 4. The van der Waals surface area contributed by atoms with Gasteiger partial charge in [0.05, 0.1) is 21.3 Å². The standard InChI is InChI=1S/C22H22BrNO6/c1-26-19-10-14(11-20(27-2)21(19)28-3)12-24-22(25)18-9-8-17(30-18)13-29-16-6-4-15(23)5-7-16/h4-11H,12-13H2,1-3H3,(H,24,25). The molecule has 158 valence electrons. The van der Waals surface area contributed by atoms with Crippen molar-refractivity contribution in [3.8, 4) is 23.0 Å². The fraction of sp³-hybridized carbons (Fsp3) is 0.227. The fourth-order valence-corrected chi connectivity index (χ4v) is 3.03. The molecule has 0 spiro atoms. The van der Waals surface area contributed by atoms with Crippen molar-refractivity contribution in [3.63, 3.8) is 0 Å². The molecule has 0 aliphatic rings. The number of carbonyl (C=O) groups excluding carboxylic acids is 1. The minimum Gasteiger partial charge on any atom is -0.493 e. The molecule has 3 aromatic rings. The Kier molecular flexibility index (Phi) is 7.24. The summed E-state index contributed by atoms with van der Waals surface area (Å²) in [7, 11) is 4.62. The number of benzene rings is 2. The van der Waals surface area contributed by atoms with Crippen LogP contribution in [0.15, 0.2) is 57.4 Å². The van der Waals surface area contributed by atoms with Crippen LogP contribution in [-0.4, -0.2) is 27.2 Å². The second kappa shape index (κ2) is 10.1. The van der Waals surface area contributed by atoms with Gasteiger partial charge in [-0.15, -0.1) is 0 Å². The predicted molar refractivity (Wildman–Crippen MR) is 114 cm³/mol. The number of methoxy groups -OCH3 is 3. The van der Waals surface area contributed by atoms with Gasteiger partial charge in [0.25, 0.3) is 5.91 Å². The van der Waals surface area contributed by atoms with Gasteiger partial charge in [0, 0.05) is 11.0 Å². The van der Waals surface area contributed by atoms with Crippen LogP contribution in [0.25, 0.3) is 0 Å². The molecular formula is C22H22BrNO6. The van der Waals surface area contributed by atoms with E-state index in [0.29, 0.717) is 28.8 Å². The monoisotopic (exact) mass is 475 g/mol. The summed E-state index contributed by atoms with van der Waals surface area (Å²) in [4.78, 5) is 12.4. The van der Waals surface area contributed by atoms with Gasteiger partial charge in [-0.05, 0) is 54.1 Å². The maximum Gasteiger partial charge on any atom is 0.287 e. The summed E-state index contributed by atoms with van der Waals surface area (Å²) in [5, 5.41) is 2.82. The third-order valence-electron chi connectivity index (χ3n) is 4.26. The summed E-state index contributed by atoms with van der Waals surface area (Å²) in [6.45, 7) is 0.489. The zero-order valence-corrected chi connectivity index (χ0v) is 18.4. The van der Waals surface area contributed by atoms with Crippen LogP contribution in [0.1, 0.15) is 21.9 Å². The summed E-state index contributed by atoms with van der Waals surface area (Å²) in [6.07, 6.45) is 0. The first-order valence-electron chi connectivity index (χ1n) is 9.08. The van der Waals surface area contributed by atoms with Crippen LogP contribution in [0.5, 0.6) is 23.0 Å². The maximum atomic E-state index is 12.4. The Hall–Kier alpha value is -3.13. The maximum absolute atomic E-state index is 12.4. The Morgan fingerprint density at radius 1 is 0.967 bits per heavy atom. The summed E-state index contributed by atoms with van der Waals surface area (Å²) in [5.41, 5.74) is 0.795. The minimum atomic E-state index is -0.335. The normalized spacial score (nSPS) is 10.4. The van der Waals surface area contributed by atoms with Crippen molar-refractivity contribution >= 4 is 21.8 Å². The molecule has 2 aromatic carbocycles. The zero-order valence-electron chi connectivity index (χ0n) is 16.9. The van der Waals surface area contributed by atoms with Gasteiger partial charge in [-0.1, -0.05) is 15.9 Å². The van der Waals surface area contributed by atoms with E-state index in [1.807, 2.05) is 24.3 Å². The quantitative estimate of drug-likeness (QED) is 0.487. The van der Waals surface area contributed by atoms with Gasteiger partial charge < -0.3 is 28.7 Å². The molecule has 0 bridgehead atoms. The number of rotatable bonds is 9. The summed E-state index contributed by atoms with van der Waals surface area (Å²) < 4.78 is 28.2. The third-order valence-corrected chi connectivity index (χ3v) is 4.79.